The number of benzene rings is 1. The molecule has 0 fully saturated rings. The normalized spacial score (nSPS) is 10.7. The van der Waals surface area contributed by atoms with E-state index in [9.17, 15) is 27.2 Å². The molecule has 0 spiro atoms. The lowest BCUT2D eigenvalue weighted by Crippen LogP contribution is -2.15. The summed E-state index contributed by atoms with van der Waals surface area (Å²) in [6.45, 7) is 0. The van der Waals surface area contributed by atoms with Crippen LogP contribution in [0.5, 0.6) is 0 Å². The van der Waals surface area contributed by atoms with E-state index < -0.39 is 44.6 Å². The number of hydrogen-bond acceptors (Lipinski definition) is 6. The predicted octanol–water partition coefficient (Wildman–Crippen LogP) is 4.90. The second kappa shape index (κ2) is 8.53. The number of pyridine rings is 2. The summed E-state index contributed by atoms with van der Waals surface area (Å²) in [5.74, 6) is -8.25. The molecule has 2 heterocycles. The molecule has 0 bridgehead atoms. The smallest absolute Gasteiger partial charge is 0.229 e. The number of nitrogens with zero attached hydrogens (tertiary/aromatic N) is 2. The summed E-state index contributed by atoms with van der Waals surface area (Å²) in [7, 11) is 0. The van der Waals surface area contributed by atoms with Crippen molar-refractivity contribution in [2.75, 3.05) is 0 Å². The Morgan fingerprint density at radius 3 is 1.36 bits per heavy atom. The van der Waals surface area contributed by atoms with E-state index >= 15 is 0 Å². The maximum absolute atomic E-state index is 14.3. The van der Waals surface area contributed by atoms with Crippen LogP contribution in [0.1, 0.15) is 20.7 Å². The van der Waals surface area contributed by atoms with Crippen LogP contribution in [-0.2, 0) is 0 Å². The van der Waals surface area contributed by atoms with Crippen LogP contribution in [0.3, 0.4) is 0 Å². The molecule has 0 aliphatic rings. The lowest BCUT2D eigenvalue weighted by Gasteiger charge is -2.11. The van der Waals surface area contributed by atoms with Crippen molar-refractivity contribution in [3.05, 3.63) is 83.2 Å². The Hall–Kier alpha value is -2.72. The summed E-state index contributed by atoms with van der Waals surface area (Å²) in [4.78, 5) is 32.6. The number of carbonyl (C=O) groups excluding carboxylic acids is 2. The number of hydrogen-bond donors (Lipinski definition) is 0. The number of halogens is 4. The van der Waals surface area contributed by atoms with Gasteiger partial charge in [0, 0.05) is 12.4 Å². The summed E-state index contributed by atoms with van der Waals surface area (Å²) in [6.07, 6.45) is 2.70. The van der Waals surface area contributed by atoms with Gasteiger partial charge in [-0.2, -0.15) is 0 Å². The van der Waals surface area contributed by atoms with E-state index in [1.165, 1.54) is 36.7 Å². The highest BCUT2D eigenvalue weighted by Gasteiger charge is 2.33. The summed E-state index contributed by atoms with van der Waals surface area (Å²) < 4.78 is 56.1. The highest BCUT2D eigenvalue weighted by atomic mass is 32.2. The first-order valence-electron chi connectivity index (χ1n) is 7.52. The molecule has 4 nitrogen and oxygen atoms in total. The van der Waals surface area contributed by atoms with E-state index in [4.69, 9.17) is 0 Å². The Morgan fingerprint density at radius 2 is 1.04 bits per heavy atom. The molecule has 10 heteroatoms. The molecule has 0 aliphatic carbocycles. The summed E-state index contributed by atoms with van der Waals surface area (Å²) >= 11 is 0.698. The summed E-state index contributed by atoms with van der Waals surface area (Å²) in [6, 6.07) is 9.00. The zero-order chi connectivity index (χ0) is 20.3. The van der Waals surface area contributed by atoms with Crippen LogP contribution < -0.4 is 0 Å². The zero-order valence-corrected chi connectivity index (χ0v) is 15.3. The highest BCUT2D eigenvalue weighted by molar-refractivity contribution is 8.14. The van der Waals surface area contributed by atoms with Crippen LogP contribution in [0.4, 0.5) is 17.6 Å². The van der Waals surface area contributed by atoms with Crippen LogP contribution in [0.15, 0.2) is 58.8 Å². The zero-order valence-electron chi connectivity index (χ0n) is 13.7. The topological polar surface area (TPSA) is 59.9 Å². The second-order valence-corrected chi connectivity index (χ2v) is 7.11. The fraction of sp³-hybridized carbons (Fsp3) is 0. The van der Waals surface area contributed by atoms with Gasteiger partial charge in [-0.15, -0.1) is 0 Å². The minimum absolute atomic E-state index is 0.104. The third kappa shape index (κ3) is 4.07. The van der Waals surface area contributed by atoms with Gasteiger partial charge < -0.3 is 0 Å². The number of aromatic nitrogens is 2. The van der Waals surface area contributed by atoms with Crippen molar-refractivity contribution in [2.24, 2.45) is 0 Å². The maximum Gasteiger partial charge on any atom is 0.229 e. The lowest BCUT2D eigenvalue weighted by atomic mass is 10.1. The molecule has 142 valence electrons. The lowest BCUT2D eigenvalue weighted by molar-refractivity contribution is 0.105. The largest absolute Gasteiger partial charge is 0.281 e. The second-order valence-electron chi connectivity index (χ2n) is 5.12. The first kappa shape index (κ1) is 20.0. The average molecular weight is 424 g/mol. The van der Waals surface area contributed by atoms with Gasteiger partial charge in [0.25, 0.3) is 0 Å². The van der Waals surface area contributed by atoms with Crippen LogP contribution in [0.2, 0.25) is 0 Å². The van der Waals surface area contributed by atoms with Gasteiger partial charge in [-0.25, -0.2) is 27.5 Å². The molecular formula is C18H8F4N2O2S2. The highest BCUT2D eigenvalue weighted by Crippen LogP contribution is 2.33. The molecule has 28 heavy (non-hydrogen) atoms. The molecule has 1 aromatic carbocycles. The fourth-order valence-corrected chi connectivity index (χ4v) is 3.61. The molecule has 0 amide bonds. The van der Waals surface area contributed by atoms with E-state index in [1.54, 1.807) is 12.1 Å². The van der Waals surface area contributed by atoms with Crippen molar-refractivity contribution >= 4 is 33.8 Å². The van der Waals surface area contributed by atoms with E-state index in [0.717, 1.165) is 0 Å². The quantitative estimate of drug-likeness (QED) is 0.257. The molecule has 0 unspecified atom stereocenters. The molecule has 3 rings (SSSR count). The SMILES string of the molecule is O=C(Sc1ccccn1)c1c(F)c(F)c(F)c(F)c1C(=O)Sc1ccccn1. The Labute approximate surface area is 164 Å². The number of rotatable bonds is 4. The van der Waals surface area contributed by atoms with Gasteiger partial charge in [0.05, 0.1) is 11.1 Å². The number of carbonyl (C=O) groups is 2. The van der Waals surface area contributed by atoms with Crippen molar-refractivity contribution in [3.63, 3.8) is 0 Å². The standard InChI is InChI=1S/C18H8F4N2O2S2/c19-13-11(17(25)27-9-5-1-3-7-23-9)12(14(20)16(22)15(13)21)18(26)28-10-6-2-4-8-24-10/h1-8H. The minimum atomic E-state index is -2.18. The van der Waals surface area contributed by atoms with Crippen molar-refractivity contribution < 1.29 is 27.2 Å². The van der Waals surface area contributed by atoms with E-state index in [0.29, 0.717) is 23.5 Å². The Kier molecular flexibility index (Phi) is 6.10. The molecule has 0 radical (unpaired) electrons. The van der Waals surface area contributed by atoms with Gasteiger partial charge in [0.2, 0.25) is 10.2 Å². The molecule has 0 saturated heterocycles. The fourth-order valence-electron chi connectivity index (χ4n) is 2.12. The van der Waals surface area contributed by atoms with Gasteiger partial charge >= 0.3 is 0 Å². The van der Waals surface area contributed by atoms with Crippen molar-refractivity contribution in [2.45, 2.75) is 10.1 Å². The van der Waals surface area contributed by atoms with E-state index in [1.807, 2.05) is 0 Å². The summed E-state index contributed by atoms with van der Waals surface area (Å²) in [5.41, 5.74) is -2.39. The molecular weight excluding hydrogens is 416 g/mol. The Balaban J connectivity index is 2.07. The average Bonchev–Trinajstić information content (AvgIpc) is 2.70. The summed E-state index contributed by atoms with van der Waals surface area (Å²) in [5, 5.41) is -2.18. The third-order valence-electron chi connectivity index (χ3n) is 3.35. The first-order chi connectivity index (χ1) is 13.4. The minimum Gasteiger partial charge on any atom is -0.281 e. The molecule has 0 atom stereocenters. The third-order valence-corrected chi connectivity index (χ3v) is 5.03. The predicted molar refractivity (Wildman–Crippen MR) is 95.1 cm³/mol. The van der Waals surface area contributed by atoms with Crippen molar-refractivity contribution in [1.29, 1.82) is 0 Å². The van der Waals surface area contributed by atoms with Crippen molar-refractivity contribution in [3.8, 4) is 0 Å². The first-order valence-corrected chi connectivity index (χ1v) is 9.15. The van der Waals surface area contributed by atoms with E-state index in [2.05, 4.69) is 9.97 Å². The molecule has 2 aromatic heterocycles. The molecule has 0 saturated carbocycles. The van der Waals surface area contributed by atoms with Gasteiger partial charge in [0.15, 0.2) is 23.3 Å². The van der Waals surface area contributed by atoms with E-state index in [-0.39, 0.29) is 10.1 Å². The monoisotopic (exact) mass is 424 g/mol. The molecule has 0 aliphatic heterocycles. The Bertz CT molecular complexity index is 966. The van der Waals surface area contributed by atoms with Crippen LogP contribution in [0, 0.1) is 23.3 Å². The molecule has 0 N–H and O–H groups in total. The van der Waals surface area contributed by atoms with Gasteiger partial charge in [0.1, 0.15) is 10.1 Å². The van der Waals surface area contributed by atoms with Crippen LogP contribution in [0.25, 0.3) is 0 Å². The van der Waals surface area contributed by atoms with Crippen LogP contribution in [-0.4, -0.2) is 20.2 Å². The van der Waals surface area contributed by atoms with Gasteiger partial charge in [-0.3, -0.25) is 9.59 Å². The van der Waals surface area contributed by atoms with Gasteiger partial charge in [-0.05, 0) is 47.8 Å². The maximum atomic E-state index is 14.3. The van der Waals surface area contributed by atoms with Crippen LogP contribution >= 0.6 is 23.5 Å². The Morgan fingerprint density at radius 1 is 0.643 bits per heavy atom. The number of thioether (sulfide) groups is 2. The van der Waals surface area contributed by atoms with Gasteiger partial charge in [-0.1, -0.05) is 12.1 Å². The van der Waals surface area contributed by atoms with Crippen molar-refractivity contribution in [1.82, 2.24) is 9.97 Å². The molecule has 3 aromatic rings.